The Morgan fingerprint density at radius 2 is 2.37 bits per heavy atom. The number of aromatic nitrogens is 1. The van der Waals surface area contributed by atoms with E-state index in [1.54, 1.807) is 18.0 Å². The first-order chi connectivity index (χ1) is 9.15. The molecule has 0 spiro atoms. The number of pyridine rings is 1. The molecule has 0 radical (unpaired) electrons. The number of rotatable bonds is 5. The Balaban J connectivity index is 2.18. The minimum Gasteiger partial charge on any atom is -0.397 e. The molecule has 1 amide bonds. The molecular weight excluding hydrogens is 278 g/mol. The molecule has 0 atom stereocenters. The fourth-order valence-corrected chi connectivity index (χ4v) is 3.36. The minimum atomic E-state index is -0.0963. The number of thioether (sulfide) groups is 1. The van der Waals surface area contributed by atoms with Crippen molar-refractivity contribution in [2.24, 2.45) is 0 Å². The summed E-state index contributed by atoms with van der Waals surface area (Å²) in [7, 11) is 0. The molecule has 0 saturated carbocycles. The number of hydrogen-bond donors (Lipinski definition) is 2. The Kier molecular flexibility index (Phi) is 4.66. The normalized spacial score (nSPS) is 10.8. The number of carbonyl (C=O) groups is 1. The molecule has 2 aromatic heterocycles. The van der Waals surface area contributed by atoms with Crippen molar-refractivity contribution in [1.82, 2.24) is 10.3 Å². The van der Waals surface area contributed by atoms with Crippen LogP contribution in [0, 0.1) is 6.92 Å². The Labute approximate surface area is 120 Å². The van der Waals surface area contributed by atoms with Crippen LogP contribution < -0.4 is 11.1 Å². The number of fused-ring (bicyclic) bond motifs is 1. The molecular formula is C13H17N3OS2. The third kappa shape index (κ3) is 3.01. The van der Waals surface area contributed by atoms with Crippen molar-refractivity contribution in [2.75, 3.05) is 24.3 Å². The first kappa shape index (κ1) is 14.1. The van der Waals surface area contributed by atoms with E-state index in [9.17, 15) is 4.79 Å². The van der Waals surface area contributed by atoms with E-state index in [4.69, 9.17) is 5.73 Å². The number of nitrogens with two attached hydrogens (primary N) is 1. The van der Waals surface area contributed by atoms with E-state index in [0.29, 0.717) is 17.1 Å². The standard InChI is InChI=1S/C13H17N3OS2/c1-8-4-6-16-13-9(8)10(14)11(19-13)12(17)15-5-3-7-18-2/h4,6H,3,5,7,14H2,1-2H3,(H,15,17). The summed E-state index contributed by atoms with van der Waals surface area (Å²) in [5.41, 5.74) is 7.68. The first-order valence-electron chi connectivity index (χ1n) is 6.06. The van der Waals surface area contributed by atoms with E-state index in [1.165, 1.54) is 11.3 Å². The van der Waals surface area contributed by atoms with Gasteiger partial charge in [0, 0.05) is 18.1 Å². The number of hydrogen-bond acceptors (Lipinski definition) is 5. The zero-order valence-corrected chi connectivity index (χ0v) is 12.7. The van der Waals surface area contributed by atoms with Crippen LogP contribution in [0.25, 0.3) is 10.2 Å². The fourth-order valence-electron chi connectivity index (χ4n) is 1.87. The molecule has 2 heterocycles. The van der Waals surface area contributed by atoms with E-state index in [-0.39, 0.29) is 5.91 Å². The summed E-state index contributed by atoms with van der Waals surface area (Å²) in [6, 6.07) is 1.91. The monoisotopic (exact) mass is 295 g/mol. The highest BCUT2D eigenvalue weighted by Crippen LogP contribution is 2.34. The third-order valence-electron chi connectivity index (χ3n) is 2.85. The van der Waals surface area contributed by atoms with Crippen LogP contribution in [-0.2, 0) is 0 Å². The van der Waals surface area contributed by atoms with Crippen molar-refractivity contribution < 1.29 is 4.79 Å². The van der Waals surface area contributed by atoms with Crippen molar-refractivity contribution >= 4 is 44.9 Å². The molecule has 0 saturated heterocycles. The Bertz CT molecular complexity index is 595. The van der Waals surface area contributed by atoms with Crippen LogP contribution in [0.4, 0.5) is 5.69 Å². The number of anilines is 1. The molecule has 0 aliphatic carbocycles. The van der Waals surface area contributed by atoms with Gasteiger partial charge in [-0.15, -0.1) is 11.3 Å². The molecule has 0 bridgehead atoms. The second-order valence-corrected chi connectivity index (χ2v) is 6.24. The zero-order chi connectivity index (χ0) is 13.8. The van der Waals surface area contributed by atoms with Crippen LogP contribution in [-0.4, -0.2) is 29.4 Å². The number of nitrogens with one attached hydrogen (secondary N) is 1. The molecule has 0 unspecified atom stereocenters. The van der Waals surface area contributed by atoms with Crippen LogP contribution in [0.15, 0.2) is 12.3 Å². The lowest BCUT2D eigenvalue weighted by molar-refractivity contribution is 0.0958. The Morgan fingerprint density at radius 3 is 3.05 bits per heavy atom. The van der Waals surface area contributed by atoms with Crippen molar-refractivity contribution in [2.45, 2.75) is 13.3 Å². The van der Waals surface area contributed by atoms with Gasteiger partial charge in [-0.3, -0.25) is 4.79 Å². The number of aryl methyl sites for hydroxylation is 1. The molecule has 6 heteroatoms. The first-order valence-corrected chi connectivity index (χ1v) is 8.27. The average molecular weight is 295 g/mol. The predicted molar refractivity (Wildman–Crippen MR) is 84.1 cm³/mol. The summed E-state index contributed by atoms with van der Waals surface area (Å²) in [4.78, 5) is 17.8. The predicted octanol–water partition coefficient (Wildman–Crippen LogP) is 2.67. The van der Waals surface area contributed by atoms with E-state index in [1.807, 2.05) is 13.0 Å². The van der Waals surface area contributed by atoms with Gasteiger partial charge in [0.25, 0.3) is 5.91 Å². The largest absolute Gasteiger partial charge is 0.397 e. The summed E-state index contributed by atoms with van der Waals surface area (Å²) < 4.78 is 0. The maximum absolute atomic E-state index is 12.1. The second-order valence-electron chi connectivity index (χ2n) is 4.26. The average Bonchev–Trinajstić information content (AvgIpc) is 2.73. The Hall–Kier alpha value is -1.27. The molecule has 0 aliphatic heterocycles. The van der Waals surface area contributed by atoms with Gasteiger partial charge in [-0.25, -0.2) is 4.98 Å². The highest BCUT2D eigenvalue weighted by Gasteiger charge is 2.17. The minimum absolute atomic E-state index is 0.0963. The summed E-state index contributed by atoms with van der Waals surface area (Å²) >= 11 is 3.13. The number of carbonyl (C=O) groups excluding carboxylic acids is 1. The van der Waals surface area contributed by atoms with Crippen molar-refractivity contribution in [3.63, 3.8) is 0 Å². The van der Waals surface area contributed by atoms with Crippen LogP contribution in [0.2, 0.25) is 0 Å². The number of thiophene rings is 1. The molecule has 2 aromatic rings. The van der Waals surface area contributed by atoms with Crippen LogP contribution in [0.3, 0.4) is 0 Å². The van der Waals surface area contributed by atoms with E-state index < -0.39 is 0 Å². The zero-order valence-electron chi connectivity index (χ0n) is 11.0. The molecule has 19 heavy (non-hydrogen) atoms. The van der Waals surface area contributed by atoms with Crippen molar-refractivity contribution in [1.29, 1.82) is 0 Å². The maximum Gasteiger partial charge on any atom is 0.263 e. The van der Waals surface area contributed by atoms with Crippen LogP contribution in [0.1, 0.15) is 21.7 Å². The molecule has 3 N–H and O–H groups in total. The van der Waals surface area contributed by atoms with E-state index in [2.05, 4.69) is 16.6 Å². The molecule has 0 fully saturated rings. The molecule has 0 aromatic carbocycles. The lowest BCUT2D eigenvalue weighted by Gasteiger charge is -2.03. The van der Waals surface area contributed by atoms with Gasteiger partial charge in [0.2, 0.25) is 0 Å². The van der Waals surface area contributed by atoms with Gasteiger partial charge in [-0.1, -0.05) is 0 Å². The second kappa shape index (κ2) is 6.25. The van der Waals surface area contributed by atoms with Gasteiger partial charge in [0.05, 0.1) is 5.69 Å². The molecule has 2 rings (SSSR count). The third-order valence-corrected chi connectivity index (χ3v) is 4.66. The molecule has 4 nitrogen and oxygen atoms in total. The van der Waals surface area contributed by atoms with Crippen LogP contribution >= 0.6 is 23.1 Å². The Morgan fingerprint density at radius 1 is 1.58 bits per heavy atom. The summed E-state index contributed by atoms with van der Waals surface area (Å²) in [6.45, 7) is 2.66. The number of amides is 1. The quantitative estimate of drug-likeness (QED) is 0.832. The van der Waals surface area contributed by atoms with E-state index >= 15 is 0 Å². The smallest absolute Gasteiger partial charge is 0.263 e. The van der Waals surface area contributed by atoms with E-state index in [0.717, 1.165) is 28.0 Å². The van der Waals surface area contributed by atoms with Gasteiger partial charge in [0.15, 0.2) is 0 Å². The highest BCUT2D eigenvalue weighted by molar-refractivity contribution is 7.98. The number of nitrogen functional groups attached to an aromatic ring is 1. The van der Waals surface area contributed by atoms with Crippen molar-refractivity contribution in [3.05, 3.63) is 22.7 Å². The fraction of sp³-hybridized carbons (Fsp3) is 0.385. The number of nitrogens with zero attached hydrogens (tertiary/aromatic N) is 1. The lowest BCUT2D eigenvalue weighted by Crippen LogP contribution is -2.24. The van der Waals surface area contributed by atoms with Gasteiger partial charge < -0.3 is 11.1 Å². The topological polar surface area (TPSA) is 68.0 Å². The van der Waals surface area contributed by atoms with Crippen molar-refractivity contribution in [3.8, 4) is 0 Å². The molecule has 0 aliphatic rings. The van der Waals surface area contributed by atoms with Gasteiger partial charge in [-0.2, -0.15) is 11.8 Å². The summed E-state index contributed by atoms with van der Waals surface area (Å²) in [5.74, 6) is 0.948. The van der Waals surface area contributed by atoms with Gasteiger partial charge in [0.1, 0.15) is 9.71 Å². The van der Waals surface area contributed by atoms with Crippen LogP contribution in [0.5, 0.6) is 0 Å². The summed E-state index contributed by atoms with van der Waals surface area (Å²) in [6.07, 6.45) is 4.77. The maximum atomic E-state index is 12.1. The SMILES string of the molecule is CSCCCNC(=O)c1sc2nccc(C)c2c1N. The highest BCUT2D eigenvalue weighted by atomic mass is 32.2. The lowest BCUT2D eigenvalue weighted by atomic mass is 10.2. The van der Waals surface area contributed by atoms with Gasteiger partial charge >= 0.3 is 0 Å². The molecule has 102 valence electrons. The summed E-state index contributed by atoms with van der Waals surface area (Å²) in [5, 5.41) is 3.81. The van der Waals surface area contributed by atoms with Gasteiger partial charge in [-0.05, 0) is 37.0 Å².